The van der Waals surface area contributed by atoms with Gasteiger partial charge in [0.2, 0.25) is 5.91 Å². The number of aromatic nitrogens is 2. The molecule has 2 aromatic carbocycles. The second-order valence-corrected chi connectivity index (χ2v) is 7.73. The number of nitrogens with zero attached hydrogens (tertiary/aromatic N) is 2. The Morgan fingerprint density at radius 2 is 1.90 bits per heavy atom. The third kappa shape index (κ3) is 7.20. The fourth-order valence-corrected chi connectivity index (χ4v) is 3.31. The van der Waals surface area contributed by atoms with E-state index in [1.54, 1.807) is 6.20 Å². The average Bonchev–Trinajstić information content (AvgIpc) is 3.18. The Kier molecular flexibility index (Phi) is 8.15. The number of rotatable bonds is 11. The molecule has 0 unspecified atom stereocenters. The molecule has 0 aliphatic carbocycles. The van der Waals surface area contributed by atoms with Gasteiger partial charge in [-0.25, -0.2) is 4.98 Å². The summed E-state index contributed by atoms with van der Waals surface area (Å²) in [5, 5.41) is 16.4. The number of benzene rings is 2. The number of hydrogen-bond donors (Lipinski definition) is 3. The number of imidazole rings is 1. The molecule has 1 atom stereocenters. The molecule has 31 heavy (non-hydrogen) atoms. The molecule has 1 aromatic heterocycles. The second-order valence-electron chi connectivity index (χ2n) is 7.73. The number of anilines is 1. The van der Waals surface area contributed by atoms with Crippen LogP contribution in [-0.4, -0.2) is 33.7 Å². The molecule has 3 rings (SSSR count). The molecule has 0 radical (unpaired) electrons. The van der Waals surface area contributed by atoms with Crippen molar-refractivity contribution in [3.05, 3.63) is 96.1 Å². The molecule has 1 amide bonds. The Hall–Kier alpha value is -3.22. The van der Waals surface area contributed by atoms with E-state index in [4.69, 9.17) is 0 Å². The summed E-state index contributed by atoms with van der Waals surface area (Å²) in [6.45, 7) is 7.80. The number of amides is 1. The van der Waals surface area contributed by atoms with Gasteiger partial charge >= 0.3 is 0 Å². The first-order valence-corrected chi connectivity index (χ1v) is 10.5. The van der Waals surface area contributed by atoms with Gasteiger partial charge in [-0.1, -0.05) is 54.6 Å². The number of hydrogen-bond acceptors (Lipinski definition) is 4. The standard InChI is InChI=1S/C25H30N4O2/c1-19(2)18-29-15-14-27-24(29)16-25(31)28-22-10-8-20(9-11-22)12-13-26-17-23(30)21-6-4-3-5-7-21/h3-11,14-15,23,26,30H,1,12-13,16-18H2,2H3,(H,28,31)/t23-/m0/s1. The van der Waals surface area contributed by atoms with Crippen molar-refractivity contribution in [1.82, 2.24) is 14.9 Å². The molecule has 1 heterocycles. The highest BCUT2D eigenvalue weighted by atomic mass is 16.3. The molecule has 0 spiro atoms. The Morgan fingerprint density at radius 1 is 1.16 bits per heavy atom. The van der Waals surface area contributed by atoms with Crippen LogP contribution in [0.15, 0.2) is 79.1 Å². The first-order valence-electron chi connectivity index (χ1n) is 10.5. The smallest absolute Gasteiger partial charge is 0.231 e. The minimum absolute atomic E-state index is 0.0986. The summed E-state index contributed by atoms with van der Waals surface area (Å²) in [7, 11) is 0. The van der Waals surface area contributed by atoms with E-state index in [1.165, 1.54) is 0 Å². The largest absolute Gasteiger partial charge is 0.387 e. The van der Waals surface area contributed by atoms with Crippen molar-refractivity contribution in [3.63, 3.8) is 0 Å². The maximum Gasteiger partial charge on any atom is 0.231 e. The topological polar surface area (TPSA) is 79.2 Å². The van der Waals surface area contributed by atoms with Crippen LogP contribution >= 0.6 is 0 Å². The third-order valence-corrected chi connectivity index (χ3v) is 4.91. The van der Waals surface area contributed by atoms with Gasteiger partial charge in [0.15, 0.2) is 0 Å². The summed E-state index contributed by atoms with van der Waals surface area (Å²) < 4.78 is 1.94. The second kappa shape index (κ2) is 11.2. The highest BCUT2D eigenvalue weighted by Crippen LogP contribution is 2.12. The predicted molar refractivity (Wildman–Crippen MR) is 124 cm³/mol. The summed E-state index contributed by atoms with van der Waals surface area (Å²) in [6, 6.07) is 17.5. The van der Waals surface area contributed by atoms with Crippen molar-refractivity contribution in [2.45, 2.75) is 32.4 Å². The summed E-state index contributed by atoms with van der Waals surface area (Å²) in [6.07, 6.45) is 4.11. The molecule has 6 nitrogen and oxygen atoms in total. The van der Waals surface area contributed by atoms with Gasteiger partial charge in [0.1, 0.15) is 5.82 Å². The molecular formula is C25H30N4O2. The van der Waals surface area contributed by atoms with Crippen molar-refractivity contribution >= 4 is 11.6 Å². The van der Waals surface area contributed by atoms with Crippen LogP contribution in [0.4, 0.5) is 5.69 Å². The number of aliphatic hydroxyl groups is 1. The lowest BCUT2D eigenvalue weighted by atomic mass is 10.1. The Balaban J connectivity index is 1.41. The zero-order chi connectivity index (χ0) is 22.1. The van der Waals surface area contributed by atoms with E-state index in [-0.39, 0.29) is 12.3 Å². The van der Waals surface area contributed by atoms with E-state index in [2.05, 4.69) is 22.2 Å². The molecule has 0 aliphatic rings. The first-order chi connectivity index (χ1) is 15.0. The van der Waals surface area contributed by atoms with Crippen molar-refractivity contribution in [3.8, 4) is 0 Å². The van der Waals surface area contributed by atoms with Gasteiger partial charge in [0.05, 0.1) is 12.5 Å². The van der Waals surface area contributed by atoms with Crippen LogP contribution in [0.2, 0.25) is 0 Å². The van der Waals surface area contributed by atoms with Crippen molar-refractivity contribution in [2.75, 3.05) is 18.4 Å². The lowest BCUT2D eigenvalue weighted by Gasteiger charge is -2.12. The minimum Gasteiger partial charge on any atom is -0.387 e. The van der Waals surface area contributed by atoms with E-state index in [0.29, 0.717) is 13.1 Å². The van der Waals surface area contributed by atoms with E-state index in [1.807, 2.05) is 72.3 Å². The highest BCUT2D eigenvalue weighted by molar-refractivity contribution is 5.91. The maximum atomic E-state index is 12.4. The van der Waals surface area contributed by atoms with Gasteiger partial charge in [-0.2, -0.15) is 0 Å². The number of carbonyl (C=O) groups excluding carboxylic acids is 1. The maximum absolute atomic E-state index is 12.4. The molecule has 0 saturated heterocycles. The predicted octanol–water partition coefficient (Wildman–Crippen LogP) is 3.51. The van der Waals surface area contributed by atoms with E-state index < -0.39 is 6.10 Å². The van der Waals surface area contributed by atoms with Crippen molar-refractivity contribution in [1.29, 1.82) is 0 Å². The van der Waals surface area contributed by atoms with Gasteiger partial charge in [0.25, 0.3) is 0 Å². The normalized spacial score (nSPS) is 11.8. The van der Waals surface area contributed by atoms with Gasteiger partial charge in [-0.3, -0.25) is 4.79 Å². The number of allylic oxidation sites excluding steroid dienone is 1. The van der Waals surface area contributed by atoms with Gasteiger partial charge < -0.3 is 20.3 Å². The van der Waals surface area contributed by atoms with E-state index in [0.717, 1.165) is 41.2 Å². The van der Waals surface area contributed by atoms with Crippen molar-refractivity contribution in [2.24, 2.45) is 0 Å². The third-order valence-electron chi connectivity index (χ3n) is 4.91. The lowest BCUT2D eigenvalue weighted by Crippen LogP contribution is -2.23. The zero-order valence-electron chi connectivity index (χ0n) is 17.9. The summed E-state index contributed by atoms with van der Waals surface area (Å²) in [4.78, 5) is 16.6. The number of nitrogens with one attached hydrogen (secondary N) is 2. The van der Waals surface area contributed by atoms with Crippen molar-refractivity contribution < 1.29 is 9.90 Å². The van der Waals surface area contributed by atoms with Crippen LogP contribution in [-0.2, 0) is 24.2 Å². The molecule has 0 saturated carbocycles. The summed E-state index contributed by atoms with van der Waals surface area (Å²) in [5.74, 6) is 0.624. The zero-order valence-corrected chi connectivity index (χ0v) is 17.9. The minimum atomic E-state index is -0.509. The first kappa shape index (κ1) is 22.5. The molecule has 3 aromatic rings. The van der Waals surface area contributed by atoms with Gasteiger partial charge in [-0.15, -0.1) is 0 Å². The Bertz CT molecular complexity index is 980. The van der Waals surface area contributed by atoms with E-state index in [9.17, 15) is 9.90 Å². The Labute approximate surface area is 183 Å². The van der Waals surface area contributed by atoms with Crippen LogP contribution in [0, 0.1) is 0 Å². The molecular weight excluding hydrogens is 388 g/mol. The average molecular weight is 419 g/mol. The lowest BCUT2D eigenvalue weighted by molar-refractivity contribution is -0.115. The van der Waals surface area contributed by atoms with Gasteiger partial charge in [0, 0.05) is 31.2 Å². The van der Waals surface area contributed by atoms with Crippen LogP contribution in [0.5, 0.6) is 0 Å². The molecule has 3 N–H and O–H groups in total. The van der Waals surface area contributed by atoms with Crippen LogP contribution in [0.25, 0.3) is 0 Å². The molecule has 0 aliphatic heterocycles. The molecule has 162 valence electrons. The van der Waals surface area contributed by atoms with E-state index >= 15 is 0 Å². The molecule has 6 heteroatoms. The Morgan fingerprint density at radius 3 is 2.61 bits per heavy atom. The van der Waals surface area contributed by atoms with Crippen LogP contribution in [0.1, 0.15) is 30.0 Å². The summed E-state index contributed by atoms with van der Waals surface area (Å²) >= 11 is 0. The van der Waals surface area contributed by atoms with Crippen LogP contribution < -0.4 is 10.6 Å². The summed E-state index contributed by atoms with van der Waals surface area (Å²) in [5.41, 5.74) is 3.85. The fraction of sp³-hybridized carbons (Fsp3) is 0.280. The fourth-order valence-electron chi connectivity index (χ4n) is 3.31. The SMILES string of the molecule is C=C(C)Cn1ccnc1CC(=O)Nc1ccc(CCNC[C@H](O)c2ccccc2)cc1. The molecule has 0 fully saturated rings. The number of aliphatic hydroxyl groups excluding tert-OH is 1. The monoisotopic (exact) mass is 418 g/mol. The van der Waals surface area contributed by atoms with Gasteiger partial charge in [-0.05, 0) is 43.1 Å². The quantitative estimate of drug-likeness (QED) is 0.329. The number of carbonyl (C=O) groups is 1. The molecule has 0 bridgehead atoms. The highest BCUT2D eigenvalue weighted by Gasteiger charge is 2.10. The van der Waals surface area contributed by atoms with Crippen LogP contribution in [0.3, 0.4) is 0 Å².